The number of rotatable bonds is 11. The summed E-state index contributed by atoms with van der Waals surface area (Å²) in [5, 5.41) is 9.81. The van der Waals surface area contributed by atoms with Gasteiger partial charge in [0.25, 0.3) is 0 Å². The van der Waals surface area contributed by atoms with Crippen LogP contribution in [0.5, 0.6) is 0 Å². The number of hydrogen-bond acceptors (Lipinski definition) is 6. The van der Waals surface area contributed by atoms with Crippen molar-refractivity contribution in [1.82, 2.24) is 21.3 Å². The van der Waals surface area contributed by atoms with Gasteiger partial charge in [0, 0.05) is 0 Å². The molecule has 0 aromatic carbocycles. The molecule has 0 bridgehead atoms. The normalized spacial score (nSPS) is 13.9. The number of hydrogen-bond donors (Lipinski definition) is 5. The number of amides is 4. The number of nitrogens with one attached hydrogen (secondary N) is 4. The van der Waals surface area contributed by atoms with Gasteiger partial charge in [0.2, 0.25) is 23.6 Å². The Morgan fingerprint density at radius 1 is 0.885 bits per heavy atom. The van der Waals surface area contributed by atoms with E-state index in [-0.39, 0.29) is 19.0 Å². The van der Waals surface area contributed by atoms with Gasteiger partial charge < -0.3 is 31.8 Å². The second-order valence-electron chi connectivity index (χ2n) is 6.33. The summed E-state index contributed by atoms with van der Waals surface area (Å²) >= 11 is 0. The van der Waals surface area contributed by atoms with E-state index >= 15 is 0 Å². The van der Waals surface area contributed by atoms with E-state index in [0.29, 0.717) is 12.7 Å². The van der Waals surface area contributed by atoms with E-state index in [0.717, 1.165) is 0 Å². The van der Waals surface area contributed by atoms with Gasteiger partial charge >= 0.3 is 0 Å². The van der Waals surface area contributed by atoms with Crippen LogP contribution in [0, 0.1) is 5.92 Å². The average Bonchev–Trinajstić information content (AvgIpc) is 2.57. The van der Waals surface area contributed by atoms with E-state index in [1.165, 1.54) is 13.8 Å². The van der Waals surface area contributed by atoms with Crippen LogP contribution in [0.4, 0.5) is 0 Å². The maximum atomic E-state index is 12.4. The van der Waals surface area contributed by atoms with Crippen molar-refractivity contribution in [3.05, 3.63) is 0 Å². The molecule has 0 aliphatic rings. The average molecular weight is 371 g/mol. The van der Waals surface area contributed by atoms with E-state index in [1.807, 2.05) is 13.8 Å². The third-order valence-corrected chi connectivity index (χ3v) is 3.41. The molecule has 0 radical (unpaired) electrons. The minimum Gasteiger partial charge on any atom is -0.348 e. The predicted octanol–water partition coefficient (Wildman–Crippen LogP) is -2.20. The van der Waals surface area contributed by atoms with Crippen molar-refractivity contribution in [3.63, 3.8) is 0 Å². The zero-order valence-corrected chi connectivity index (χ0v) is 15.6. The monoisotopic (exact) mass is 371 g/mol. The molecule has 0 aliphatic carbocycles. The first-order valence-electron chi connectivity index (χ1n) is 8.43. The highest BCUT2D eigenvalue weighted by Gasteiger charge is 2.27. The highest BCUT2D eigenvalue weighted by atomic mass is 16.2. The van der Waals surface area contributed by atoms with Crippen LogP contribution in [0.15, 0.2) is 0 Å². The number of carbonyl (C=O) groups excluding carboxylic acids is 5. The Hall–Kier alpha value is -2.49. The van der Waals surface area contributed by atoms with E-state index in [9.17, 15) is 24.0 Å². The molecule has 0 heterocycles. The van der Waals surface area contributed by atoms with Crippen LogP contribution in [0.1, 0.15) is 34.1 Å². The van der Waals surface area contributed by atoms with Crippen LogP contribution in [0.3, 0.4) is 0 Å². The summed E-state index contributed by atoms with van der Waals surface area (Å²) in [4.78, 5) is 57.9. The standard InChI is InChI=1S/C16H29N5O5/c1-9(2)7-12(21-15(25)11(4)19-13(23)8-17)16(26)20-10(3)14(24)18-5-6-22/h6,9-12H,5,7-8,17H2,1-4H3,(H,18,24)(H,19,23)(H,20,26)(H,21,25)/t10-,11-,12-/m0/s1. The second kappa shape index (κ2) is 12.0. The summed E-state index contributed by atoms with van der Waals surface area (Å²) in [6.07, 6.45) is 0.878. The Labute approximate surface area is 153 Å². The van der Waals surface area contributed by atoms with Gasteiger partial charge in [-0.2, -0.15) is 0 Å². The molecule has 0 rings (SSSR count). The Bertz CT molecular complexity index is 523. The lowest BCUT2D eigenvalue weighted by Crippen LogP contribution is -2.56. The Balaban J connectivity index is 4.88. The summed E-state index contributed by atoms with van der Waals surface area (Å²) in [5.41, 5.74) is 5.19. The van der Waals surface area contributed by atoms with Gasteiger partial charge in [0.1, 0.15) is 24.4 Å². The van der Waals surface area contributed by atoms with Crippen LogP contribution in [-0.4, -0.2) is 61.1 Å². The predicted molar refractivity (Wildman–Crippen MR) is 94.7 cm³/mol. The first kappa shape index (κ1) is 23.5. The Morgan fingerprint density at radius 3 is 1.96 bits per heavy atom. The molecule has 26 heavy (non-hydrogen) atoms. The molecule has 0 saturated carbocycles. The van der Waals surface area contributed by atoms with E-state index in [4.69, 9.17) is 5.73 Å². The maximum absolute atomic E-state index is 12.4. The van der Waals surface area contributed by atoms with Crippen LogP contribution < -0.4 is 27.0 Å². The summed E-state index contributed by atoms with van der Waals surface area (Å²) in [6, 6.07) is -2.61. The molecule has 0 unspecified atom stereocenters. The quantitative estimate of drug-likeness (QED) is 0.259. The van der Waals surface area contributed by atoms with E-state index < -0.39 is 41.8 Å². The van der Waals surface area contributed by atoms with Gasteiger partial charge in [-0.15, -0.1) is 0 Å². The third-order valence-electron chi connectivity index (χ3n) is 3.41. The van der Waals surface area contributed by atoms with Crippen molar-refractivity contribution in [1.29, 1.82) is 0 Å². The van der Waals surface area contributed by atoms with Crippen LogP contribution in [-0.2, 0) is 24.0 Å². The molecule has 0 saturated heterocycles. The maximum Gasteiger partial charge on any atom is 0.243 e. The first-order valence-corrected chi connectivity index (χ1v) is 8.43. The Kier molecular flexibility index (Phi) is 10.8. The first-order chi connectivity index (χ1) is 12.1. The fourth-order valence-electron chi connectivity index (χ4n) is 2.04. The number of aldehydes is 1. The van der Waals surface area contributed by atoms with Gasteiger partial charge in [-0.3, -0.25) is 19.2 Å². The SMILES string of the molecule is CC(C)C[C@H](NC(=O)[C@H](C)NC(=O)CN)C(=O)N[C@@H](C)C(=O)NCC=O. The number of nitrogens with two attached hydrogens (primary N) is 1. The van der Waals surface area contributed by atoms with Crippen molar-refractivity contribution in [2.75, 3.05) is 13.1 Å². The minimum atomic E-state index is -0.874. The summed E-state index contributed by atoms with van der Waals surface area (Å²) in [7, 11) is 0. The van der Waals surface area contributed by atoms with Crippen molar-refractivity contribution in [3.8, 4) is 0 Å². The van der Waals surface area contributed by atoms with Crippen LogP contribution in [0.2, 0.25) is 0 Å². The minimum absolute atomic E-state index is 0.0965. The summed E-state index contributed by atoms with van der Waals surface area (Å²) in [6.45, 7) is 6.31. The fraction of sp³-hybridized carbons (Fsp3) is 0.688. The number of carbonyl (C=O) groups is 5. The lowest BCUT2D eigenvalue weighted by atomic mass is 10.0. The smallest absolute Gasteiger partial charge is 0.243 e. The molecule has 10 nitrogen and oxygen atoms in total. The lowest BCUT2D eigenvalue weighted by Gasteiger charge is -2.24. The van der Waals surface area contributed by atoms with Gasteiger partial charge in [-0.05, 0) is 26.2 Å². The highest BCUT2D eigenvalue weighted by Crippen LogP contribution is 2.06. The summed E-state index contributed by atoms with van der Waals surface area (Å²) < 4.78 is 0. The molecular formula is C16H29N5O5. The largest absolute Gasteiger partial charge is 0.348 e. The van der Waals surface area contributed by atoms with E-state index in [1.54, 1.807) is 0 Å². The molecule has 0 aliphatic heterocycles. The summed E-state index contributed by atoms with van der Waals surface area (Å²) in [5.74, 6) is -1.97. The van der Waals surface area contributed by atoms with Crippen molar-refractivity contribution < 1.29 is 24.0 Å². The third kappa shape index (κ3) is 9.11. The van der Waals surface area contributed by atoms with Gasteiger partial charge in [0.15, 0.2) is 0 Å². The molecule has 3 atom stereocenters. The van der Waals surface area contributed by atoms with Crippen molar-refractivity contribution in [2.24, 2.45) is 11.7 Å². The van der Waals surface area contributed by atoms with Gasteiger partial charge in [0.05, 0.1) is 13.1 Å². The molecular weight excluding hydrogens is 342 g/mol. The van der Waals surface area contributed by atoms with E-state index in [2.05, 4.69) is 21.3 Å². The molecule has 0 spiro atoms. The molecule has 6 N–H and O–H groups in total. The fourth-order valence-corrected chi connectivity index (χ4v) is 2.04. The van der Waals surface area contributed by atoms with Crippen LogP contribution >= 0.6 is 0 Å². The molecule has 10 heteroatoms. The molecule has 4 amide bonds. The zero-order valence-electron chi connectivity index (χ0n) is 15.6. The van der Waals surface area contributed by atoms with Crippen molar-refractivity contribution >= 4 is 29.9 Å². The lowest BCUT2D eigenvalue weighted by molar-refractivity contribution is -0.133. The van der Waals surface area contributed by atoms with Crippen LogP contribution in [0.25, 0.3) is 0 Å². The Morgan fingerprint density at radius 2 is 1.46 bits per heavy atom. The molecule has 0 fully saturated rings. The highest BCUT2D eigenvalue weighted by molar-refractivity contribution is 5.94. The van der Waals surface area contributed by atoms with Gasteiger partial charge in [-0.25, -0.2) is 0 Å². The molecule has 148 valence electrons. The topological polar surface area (TPSA) is 159 Å². The van der Waals surface area contributed by atoms with Gasteiger partial charge in [-0.1, -0.05) is 13.8 Å². The zero-order chi connectivity index (χ0) is 20.3. The second-order valence-corrected chi connectivity index (χ2v) is 6.33. The van der Waals surface area contributed by atoms with Crippen molar-refractivity contribution in [2.45, 2.75) is 52.2 Å². The molecule has 0 aromatic heterocycles. The molecule has 0 aromatic rings.